The molecule has 1 fully saturated rings. The lowest BCUT2D eigenvalue weighted by Crippen LogP contribution is -2.39. The highest BCUT2D eigenvalue weighted by Crippen LogP contribution is 2.37. The Balaban J connectivity index is 0.000000172. The predicted molar refractivity (Wildman–Crippen MR) is 77.0 cm³/mol. The lowest BCUT2D eigenvalue weighted by molar-refractivity contribution is -0.132. The van der Waals surface area contributed by atoms with Crippen LogP contribution in [0.25, 0.3) is 0 Å². The number of carbonyl (C=O) groups is 1. The fraction of sp³-hybridized carbons (Fsp3) is 0.462. The zero-order valence-corrected chi connectivity index (χ0v) is 13.0. The summed E-state index contributed by atoms with van der Waals surface area (Å²) < 4.78 is 37.1. The minimum absolute atomic E-state index is 0.0296. The fourth-order valence-corrected chi connectivity index (χ4v) is 2.69. The summed E-state index contributed by atoms with van der Waals surface area (Å²) in [5.74, 6) is 0.759. The zero-order chi connectivity index (χ0) is 16.2. The van der Waals surface area contributed by atoms with Crippen LogP contribution in [0.4, 0.5) is 0 Å². The van der Waals surface area contributed by atoms with E-state index in [4.69, 9.17) is 19.3 Å². The number of sulfonamides is 1. The van der Waals surface area contributed by atoms with Gasteiger partial charge in [-0.3, -0.25) is 4.79 Å². The summed E-state index contributed by atoms with van der Waals surface area (Å²) in [4.78, 5) is 12.4. The summed E-state index contributed by atoms with van der Waals surface area (Å²) in [7, 11) is -3.73. The number of para-hydroxylation sites is 1. The lowest BCUT2D eigenvalue weighted by Gasteiger charge is -2.25. The van der Waals surface area contributed by atoms with Gasteiger partial charge in [0.05, 0.1) is 13.2 Å². The van der Waals surface area contributed by atoms with Gasteiger partial charge in [-0.15, -0.1) is 0 Å². The molecule has 2 aliphatic rings. The van der Waals surface area contributed by atoms with Crippen molar-refractivity contribution >= 4 is 15.9 Å². The molecule has 0 aromatic heterocycles. The first-order chi connectivity index (χ1) is 10.4. The average Bonchev–Trinajstić information content (AvgIpc) is 2.96. The molecule has 8 nitrogen and oxygen atoms in total. The molecule has 1 amide bonds. The molecule has 1 aromatic rings. The number of hydrogen-bond acceptors (Lipinski definition) is 6. The molecular formula is C13H18N2O6S. The first kappa shape index (κ1) is 16.5. The zero-order valence-electron chi connectivity index (χ0n) is 12.1. The standard InChI is InChI=1S/C7H7NO4S.C6H11NO2/c8-13(9,10)6-3-1-2-5-7(6)12-4-11-5;1-6(8)7-2-4-9-5-3-7/h1-3H,4H2,(H2,8,9,10);2-5H2,1H3. The van der Waals surface area contributed by atoms with Crippen molar-refractivity contribution in [1.82, 2.24) is 4.90 Å². The van der Waals surface area contributed by atoms with Gasteiger partial charge in [0.1, 0.15) is 4.90 Å². The number of primary sulfonamides is 1. The number of carbonyl (C=O) groups excluding carboxylic acids is 1. The van der Waals surface area contributed by atoms with Crippen molar-refractivity contribution < 1.29 is 27.4 Å². The quantitative estimate of drug-likeness (QED) is 0.772. The third kappa shape index (κ3) is 4.09. The van der Waals surface area contributed by atoms with Crippen molar-refractivity contribution in [2.24, 2.45) is 5.14 Å². The summed E-state index contributed by atoms with van der Waals surface area (Å²) in [6, 6.07) is 4.55. The number of benzene rings is 1. The normalized spacial score (nSPS) is 16.7. The molecule has 0 saturated carbocycles. The summed E-state index contributed by atoms with van der Waals surface area (Å²) >= 11 is 0. The molecule has 1 aromatic carbocycles. The second-order valence-electron chi connectivity index (χ2n) is 4.65. The number of rotatable bonds is 1. The van der Waals surface area contributed by atoms with Crippen LogP contribution in [0.1, 0.15) is 6.92 Å². The van der Waals surface area contributed by atoms with Gasteiger partial charge >= 0.3 is 0 Å². The number of nitrogens with two attached hydrogens (primary N) is 1. The van der Waals surface area contributed by atoms with Gasteiger partial charge in [0.15, 0.2) is 11.5 Å². The van der Waals surface area contributed by atoms with Crippen LogP contribution in [0.5, 0.6) is 11.5 Å². The largest absolute Gasteiger partial charge is 0.454 e. The molecule has 0 spiro atoms. The summed E-state index contributed by atoms with van der Waals surface area (Å²) in [6.07, 6.45) is 0. The van der Waals surface area contributed by atoms with Crippen molar-refractivity contribution in [2.75, 3.05) is 33.1 Å². The molecule has 0 bridgehead atoms. The first-order valence-corrected chi connectivity index (χ1v) is 8.19. The molecular weight excluding hydrogens is 312 g/mol. The number of amides is 1. The number of hydrogen-bond donors (Lipinski definition) is 1. The summed E-state index contributed by atoms with van der Waals surface area (Å²) in [6.45, 7) is 4.52. The molecule has 2 N–H and O–H groups in total. The van der Waals surface area contributed by atoms with Crippen LogP contribution in [0.15, 0.2) is 23.1 Å². The van der Waals surface area contributed by atoms with Gasteiger partial charge in [0, 0.05) is 20.0 Å². The molecule has 3 rings (SSSR count). The Hall–Kier alpha value is -1.84. The van der Waals surface area contributed by atoms with E-state index in [1.165, 1.54) is 6.07 Å². The Morgan fingerprint density at radius 1 is 1.23 bits per heavy atom. The highest BCUT2D eigenvalue weighted by atomic mass is 32.2. The lowest BCUT2D eigenvalue weighted by atomic mass is 10.3. The van der Waals surface area contributed by atoms with E-state index in [9.17, 15) is 13.2 Å². The van der Waals surface area contributed by atoms with E-state index in [1.807, 2.05) is 0 Å². The van der Waals surface area contributed by atoms with Crippen LogP contribution in [-0.2, 0) is 19.6 Å². The molecule has 22 heavy (non-hydrogen) atoms. The second-order valence-corrected chi connectivity index (χ2v) is 6.18. The minimum Gasteiger partial charge on any atom is -0.454 e. The Bertz CT molecular complexity index is 640. The van der Waals surface area contributed by atoms with Crippen molar-refractivity contribution in [3.05, 3.63) is 18.2 Å². The third-order valence-corrected chi connectivity index (χ3v) is 4.06. The van der Waals surface area contributed by atoms with E-state index >= 15 is 0 Å². The molecule has 1 saturated heterocycles. The van der Waals surface area contributed by atoms with Crippen molar-refractivity contribution in [3.8, 4) is 11.5 Å². The van der Waals surface area contributed by atoms with Crippen LogP contribution >= 0.6 is 0 Å². The van der Waals surface area contributed by atoms with Crippen molar-refractivity contribution in [2.45, 2.75) is 11.8 Å². The van der Waals surface area contributed by atoms with Gasteiger partial charge in [-0.05, 0) is 12.1 Å². The molecule has 0 radical (unpaired) electrons. The van der Waals surface area contributed by atoms with Gasteiger partial charge in [-0.25, -0.2) is 13.6 Å². The van der Waals surface area contributed by atoms with Crippen molar-refractivity contribution in [3.63, 3.8) is 0 Å². The number of ether oxygens (including phenoxy) is 3. The average molecular weight is 330 g/mol. The summed E-state index contributed by atoms with van der Waals surface area (Å²) in [5, 5.41) is 4.97. The van der Waals surface area contributed by atoms with Crippen molar-refractivity contribution in [1.29, 1.82) is 0 Å². The van der Waals surface area contributed by atoms with Crippen LogP contribution in [0.2, 0.25) is 0 Å². The van der Waals surface area contributed by atoms with Crippen LogP contribution in [0, 0.1) is 0 Å². The third-order valence-electron chi connectivity index (χ3n) is 3.12. The molecule has 0 aliphatic carbocycles. The van der Waals surface area contributed by atoms with Crippen LogP contribution < -0.4 is 14.6 Å². The monoisotopic (exact) mass is 330 g/mol. The maximum atomic E-state index is 11.0. The van der Waals surface area contributed by atoms with Crippen LogP contribution in [-0.4, -0.2) is 52.3 Å². The molecule has 122 valence electrons. The maximum absolute atomic E-state index is 11.0. The topological polar surface area (TPSA) is 108 Å². The van der Waals surface area contributed by atoms with Crippen LogP contribution in [0.3, 0.4) is 0 Å². The Labute approximate surface area is 128 Å². The van der Waals surface area contributed by atoms with E-state index in [2.05, 4.69) is 0 Å². The van der Waals surface area contributed by atoms with Gasteiger partial charge in [0.25, 0.3) is 0 Å². The second kappa shape index (κ2) is 6.95. The SMILES string of the molecule is CC(=O)N1CCOCC1.NS(=O)(=O)c1cccc2c1OCO2. The summed E-state index contributed by atoms with van der Waals surface area (Å²) in [5.41, 5.74) is 0. The van der Waals surface area contributed by atoms with E-state index in [0.29, 0.717) is 19.0 Å². The molecule has 9 heteroatoms. The Kier molecular flexibility index (Phi) is 5.22. The molecule has 2 aliphatic heterocycles. The number of fused-ring (bicyclic) bond motifs is 1. The van der Waals surface area contributed by atoms with Gasteiger partial charge in [0.2, 0.25) is 22.7 Å². The van der Waals surface area contributed by atoms with E-state index in [1.54, 1.807) is 24.0 Å². The highest BCUT2D eigenvalue weighted by Gasteiger charge is 2.23. The highest BCUT2D eigenvalue weighted by molar-refractivity contribution is 7.89. The predicted octanol–water partition coefficient (Wildman–Crippen LogP) is -0.0722. The maximum Gasteiger partial charge on any atom is 0.241 e. The first-order valence-electron chi connectivity index (χ1n) is 6.64. The molecule has 0 atom stereocenters. The van der Waals surface area contributed by atoms with Gasteiger partial charge < -0.3 is 19.1 Å². The van der Waals surface area contributed by atoms with E-state index in [0.717, 1.165) is 13.1 Å². The van der Waals surface area contributed by atoms with Gasteiger partial charge in [-0.1, -0.05) is 6.07 Å². The number of nitrogens with zero attached hydrogens (tertiary/aromatic N) is 1. The minimum atomic E-state index is -3.73. The fourth-order valence-electron chi connectivity index (χ4n) is 2.01. The smallest absolute Gasteiger partial charge is 0.241 e. The molecule has 2 heterocycles. The van der Waals surface area contributed by atoms with E-state index < -0.39 is 10.0 Å². The molecule has 0 unspecified atom stereocenters. The number of morpholine rings is 1. The Morgan fingerprint density at radius 2 is 1.91 bits per heavy atom. The Morgan fingerprint density at radius 3 is 2.45 bits per heavy atom. The van der Waals surface area contributed by atoms with E-state index in [-0.39, 0.29) is 23.3 Å². The van der Waals surface area contributed by atoms with Gasteiger partial charge in [-0.2, -0.15) is 0 Å².